The molecule has 1 aromatic rings. The normalized spacial score (nSPS) is 14.9. The number of hydrogen-bond donors (Lipinski definition) is 2. The Morgan fingerprint density at radius 2 is 2.05 bits per heavy atom. The number of amides is 1. The lowest BCUT2D eigenvalue weighted by Crippen LogP contribution is -2.49. The number of carbonyl (C=O) groups excluding carboxylic acids is 1. The lowest BCUT2D eigenvalue weighted by Gasteiger charge is -2.35. The molecule has 0 bridgehead atoms. The van der Waals surface area contributed by atoms with Crippen LogP contribution in [0.5, 0.6) is 0 Å². The van der Waals surface area contributed by atoms with E-state index < -0.39 is 5.97 Å². The van der Waals surface area contributed by atoms with Crippen molar-refractivity contribution in [2.24, 2.45) is 0 Å². The number of nitrogens with zero attached hydrogens (tertiary/aromatic N) is 3. The fraction of sp³-hybridized carbons (Fsp3) is 0.462. The second-order valence-corrected chi connectivity index (χ2v) is 4.57. The van der Waals surface area contributed by atoms with Crippen LogP contribution >= 0.6 is 0 Å². The van der Waals surface area contributed by atoms with Crippen LogP contribution in [0.25, 0.3) is 0 Å². The number of ether oxygens (including phenoxy) is 1. The number of aromatic carboxylic acids is 1. The molecule has 2 heterocycles. The van der Waals surface area contributed by atoms with Gasteiger partial charge in [0.15, 0.2) is 5.82 Å². The topological polar surface area (TPSA) is 109 Å². The Bertz CT molecular complexity index is 541. The van der Waals surface area contributed by atoms with Crippen molar-refractivity contribution in [3.8, 4) is 0 Å². The van der Waals surface area contributed by atoms with Crippen LogP contribution in [-0.4, -0.2) is 59.8 Å². The molecule has 0 saturated carbocycles. The van der Waals surface area contributed by atoms with E-state index in [2.05, 4.69) is 4.98 Å². The fourth-order valence-corrected chi connectivity index (χ4v) is 2.22. The standard InChI is InChI=1S/C13H18N4O4/c1-2-21-13(20)17-7-5-16(6-8-17)11-10(14)9(12(18)19)3-4-15-11/h3-4H,2,5-8,14H2,1H3,(H,18,19). The second-order valence-electron chi connectivity index (χ2n) is 4.57. The number of hydrogen-bond acceptors (Lipinski definition) is 6. The van der Waals surface area contributed by atoms with Gasteiger partial charge in [0, 0.05) is 32.4 Å². The molecule has 0 radical (unpaired) electrons. The summed E-state index contributed by atoms with van der Waals surface area (Å²) in [5, 5.41) is 9.07. The number of piperazine rings is 1. The first-order valence-corrected chi connectivity index (χ1v) is 6.69. The Hall–Kier alpha value is -2.51. The summed E-state index contributed by atoms with van der Waals surface area (Å²) in [6.45, 7) is 4.12. The number of aromatic nitrogens is 1. The number of carbonyl (C=O) groups is 2. The molecule has 0 unspecified atom stereocenters. The summed E-state index contributed by atoms with van der Waals surface area (Å²) in [7, 11) is 0. The molecule has 8 nitrogen and oxygen atoms in total. The summed E-state index contributed by atoms with van der Waals surface area (Å²) in [6.07, 6.45) is 1.09. The molecule has 0 aliphatic carbocycles. The van der Waals surface area contributed by atoms with Gasteiger partial charge in [0.05, 0.1) is 17.9 Å². The van der Waals surface area contributed by atoms with Gasteiger partial charge in [-0.2, -0.15) is 0 Å². The van der Waals surface area contributed by atoms with Gasteiger partial charge in [-0.1, -0.05) is 0 Å². The highest BCUT2D eigenvalue weighted by molar-refractivity contribution is 5.96. The summed E-state index contributed by atoms with van der Waals surface area (Å²) in [5.41, 5.74) is 6.05. The van der Waals surface area contributed by atoms with Crippen LogP contribution in [0, 0.1) is 0 Å². The summed E-state index contributed by atoms with van der Waals surface area (Å²) < 4.78 is 4.95. The largest absolute Gasteiger partial charge is 0.478 e. The van der Waals surface area contributed by atoms with Crippen molar-refractivity contribution >= 4 is 23.6 Å². The molecule has 21 heavy (non-hydrogen) atoms. The minimum absolute atomic E-state index is 0.0350. The third-order valence-electron chi connectivity index (χ3n) is 3.30. The summed E-state index contributed by atoms with van der Waals surface area (Å²) in [6, 6.07) is 1.37. The summed E-state index contributed by atoms with van der Waals surface area (Å²) in [5.74, 6) is -0.639. The third-order valence-corrected chi connectivity index (χ3v) is 3.30. The minimum Gasteiger partial charge on any atom is -0.478 e. The highest BCUT2D eigenvalue weighted by atomic mass is 16.6. The number of nitrogens with two attached hydrogens (primary N) is 1. The van der Waals surface area contributed by atoms with Gasteiger partial charge >= 0.3 is 12.1 Å². The molecule has 3 N–H and O–H groups in total. The van der Waals surface area contributed by atoms with E-state index in [1.54, 1.807) is 11.8 Å². The fourth-order valence-electron chi connectivity index (χ4n) is 2.22. The Labute approximate surface area is 122 Å². The number of carboxylic acids is 1. The average Bonchev–Trinajstić information content (AvgIpc) is 2.47. The number of anilines is 2. The van der Waals surface area contributed by atoms with E-state index in [0.717, 1.165) is 0 Å². The quantitative estimate of drug-likeness (QED) is 0.841. The van der Waals surface area contributed by atoms with Crippen molar-refractivity contribution in [2.45, 2.75) is 6.92 Å². The smallest absolute Gasteiger partial charge is 0.409 e. The molecule has 1 aliphatic heterocycles. The Balaban J connectivity index is 2.07. The van der Waals surface area contributed by atoms with E-state index in [1.165, 1.54) is 12.3 Å². The molecule has 0 spiro atoms. The van der Waals surface area contributed by atoms with E-state index in [1.807, 2.05) is 4.90 Å². The highest BCUT2D eigenvalue weighted by Crippen LogP contribution is 2.25. The first kappa shape index (κ1) is 14.9. The SMILES string of the molecule is CCOC(=O)N1CCN(c2nccc(C(=O)O)c2N)CC1. The van der Waals surface area contributed by atoms with Crippen molar-refractivity contribution in [2.75, 3.05) is 43.4 Å². The van der Waals surface area contributed by atoms with E-state index >= 15 is 0 Å². The lowest BCUT2D eigenvalue weighted by atomic mass is 10.2. The maximum absolute atomic E-state index is 11.6. The number of nitrogen functional groups attached to an aromatic ring is 1. The van der Waals surface area contributed by atoms with Gasteiger partial charge in [-0.15, -0.1) is 0 Å². The van der Waals surface area contributed by atoms with Crippen LogP contribution in [0.15, 0.2) is 12.3 Å². The van der Waals surface area contributed by atoms with Crippen LogP contribution < -0.4 is 10.6 Å². The van der Waals surface area contributed by atoms with Gasteiger partial charge in [-0.05, 0) is 13.0 Å². The van der Waals surface area contributed by atoms with Crippen molar-refractivity contribution in [3.63, 3.8) is 0 Å². The Kier molecular flexibility index (Phi) is 4.46. The van der Waals surface area contributed by atoms with Crippen molar-refractivity contribution in [1.82, 2.24) is 9.88 Å². The minimum atomic E-state index is -1.08. The van der Waals surface area contributed by atoms with E-state index in [-0.39, 0.29) is 17.3 Å². The zero-order valence-corrected chi connectivity index (χ0v) is 11.8. The van der Waals surface area contributed by atoms with Crippen molar-refractivity contribution in [3.05, 3.63) is 17.8 Å². The molecule has 1 fully saturated rings. The zero-order chi connectivity index (χ0) is 15.4. The molecular weight excluding hydrogens is 276 g/mol. The molecule has 0 atom stereocenters. The Morgan fingerprint density at radius 3 is 2.62 bits per heavy atom. The summed E-state index contributed by atoms with van der Waals surface area (Å²) >= 11 is 0. The maximum atomic E-state index is 11.6. The van der Waals surface area contributed by atoms with E-state index in [9.17, 15) is 9.59 Å². The average molecular weight is 294 g/mol. The molecule has 1 aliphatic rings. The first-order valence-electron chi connectivity index (χ1n) is 6.69. The van der Waals surface area contributed by atoms with Gasteiger partial charge in [0.25, 0.3) is 0 Å². The molecule has 1 aromatic heterocycles. The number of pyridine rings is 1. The van der Waals surface area contributed by atoms with E-state index in [0.29, 0.717) is 38.6 Å². The first-order chi connectivity index (χ1) is 10.0. The van der Waals surface area contributed by atoms with Crippen LogP contribution in [0.2, 0.25) is 0 Å². The van der Waals surface area contributed by atoms with Gasteiger partial charge < -0.3 is 25.4 Å². The third kappa shape index (κ3) is 3.15. The second kappa shape index (κ2) is 6.29. The lowest BCUT2D eigenvalue weighted by molar-refractivity contribution is 0.0698. The maximum Gasteiger partial charge on any atom is 0.409 e. The monoisotopic (exact) mass is 294 g/mol. The van der Waals surface area contributed by atoms with Crippen LogP contribution in [0.4, 0.5) is 16.3 Å². The van der Waals surface area contributed by atoms with Gasteiger partial charge in [-0.3, -0.25) is 0 Å². The van der Waals surface area contributed by atoms with Gasteiger partial charge in [-0.25, -0.2) is 14.6 Å². The molecule has 1 saturated heterocycles. The molecule has 0 aromatic carbocycles. The Morgan fingerprint density at radius 1 is 1.38 bits per heavy atom. The van der Waals surface area contributed by atoms with Crippen LogP contribution in [0.1, 0.15) is 17.3 Å². The zero-order valence-electron chi connectivity index (χ0n) is 11.8. The van der Waals surface area contributed by atoms with Gasteiger partial charge in [0.1, 0.15) is 0 Å². The molecule has 114 valence electrons. The van der Waals surface area contributed by atoms with Crippen LogP contribution in [-0.2, 0) is 4.74 Å². The van der Waals surface area contributed by atoms with Crippen molar-refractivity contribution in [1.29, 1.82) is 0 Å². The molecule has 1 amide bonds. The molecule has 2 rings (SSSR count). The molecule has 8 heteroatoms. The molecular formula is C13H18N4O4. The number of rotatable bonds is 3. The van der Waals surface area contributed by atoms with E-state index in [4.69, 9.17) is 15.6 Å². The summed E-state index contributed by atoms with van der Waals surface area (Å²) in [4.78, 5) is 30.3. The van der Waals surface area contributed by atoms with Crippen molar-refractivity contribution < 1.29 is 19.4 Å². The predicted molar refractivity (Wildman–Crippen MR) is 76.4 cm³/mol. The van der Waals surface area contributed by atoms with Gasteiger partial charge in [0.2, 0.25) is 0 Å². The predicted octanol–water partition coefficient (Wildman–Crippen LogP) is 0.640. The number of carboxylic acid groups (broad SMARTS) is 1. The highest BCUT2D eigenvalue weighted by Gasteiger charge is 2.25. The van der Waals surface area contributed by atoms with Crippen LogP contribution in [0.3, 0.4) is 0 Å².